The van der Waals surface area contributed by atoms with Gasteiger partial charge in [0, 0.05) is 44.0 Å². The molecule has 4 rings (SSSR count). The molecule has 1 amide bonds. The van der Waals surface area contributed by atoms with E-state index in [1.165, 1.54) is 0 Å². The molecule has 3 aromatic rings. The van der Waals surface area contributed by atoms with Crippen LogP contribution in [-0.2, 0) is 0 Å². The Morgan fingerprint density at radius 3 is 2.13 bits per heavy atom. The molecule has 0 radical (unpaired) electrons. The summed E-state index contributed by atoms with van der Waals surface area (Å²) in [5, 5.41) is 2.81. The molecular formula is C22H24N6O3. The topological polar surface area (TPSA) is 92.7 Å². The quantitative estimate of drug-likeness (QED) is 0.650. The highest BCUT2D eigenvalue weighted by atomic mass is 16.5. The van der Waals surface area contributed by atoms with Crippen LogP contribution in [0.1, 0.15) is 10.4 Å². The fourth-order valence-electron chi connectivity index (χ4n) is 3.37. The first kappa shape index (κ1) is 20.4. The third-order valence-electron chi connectivity index (χ3n) is 5.05. The molecule has 1 saturated heterocycles. The number of carbonyl (C=O) groups excluding carboxylic acids is 1. The Bertz CT molecular complexity index is 999. The monoisotopic (exact) mass is 420 g/mol. The molecule has 31 heavy (non-hydrogen) atoms. The highest BCUT2D eigenvalue weighted by Gasteiger charge is 2.20. The molecule has 0 atom stereocenters. The lowest BCUT2D eigenvalue weighted by Gasteiger charge is -2.35. The molecule has 0 saturated carbocycles. The van der Waals surface area contributed by atoms with E-state index >= 15 is 0 Å². The third kappa shape index (κ3) is 4.82. The number of piperazine rings is 1. The van der Waals surface area contributed by atoms with Crippen LogP contribution < -0.4 is 24.6 Å². The Hall–Kier alpha value is -3.88. The first-order valence-electron chi connectivity index (χ1n) is 9.93. The number of carbonyl (C=O) groups is 1. The van der Waals surface area contributed by atoms with Crippen molar-refractivity contribution in [1.82, 2.24) is 15.0 Å². The molecule has 0 unspecified atom stereocenters. The highest BCUT2D eigenvalue weighted by Crippen LogP contribution is 2.23. The van der Waals surface area contributed by atoms with Gasteiger partial charge in [0.1, 0.15) is 17.3 Å². The molecular weight excluding hydrogens is 396 g/mol. The van der Waals surface area contributed by atoms with Crippen LogP contribution in [0.25, 0.3) is 0 Å². The van der Waals surface area contributed by atoms with E-state index in [1.54, 1.807) is 51.0 Å². The molecule has 0 bridgehead atoms. The molecule has 0 aliphatic carbocycles. The maximum Gasteiger partial charge on any atom is 0.256 e. The second kappa shape index (κ2) is 9.29. The predicted molar refractivity (Wildman–Crippen MR) is 118 cm³/mol. The summed E-state index contributed by atoms with van der Waals surface area (Å²) in [5.41, 5.74) is 0.938. The van der Waals surface area contributed by atoms with Gasteiger partial charge >= 0.3 is 0 Å². The lowest BCUT2D eigenvalue weighted by molar-refractivity contribution is 0.102. The fourth-order valence-corrected chi connectivity index (χ4v) is 3.37. The Labute approximate surface area is 180 Å². The first-order valence-corrected chi connectivity index (χ1v) is 9.93. The zero-order chi connectivity index (χ0) is 21.6. The average Bonchev–Trinajstić information content (AvgIpc) is 2.84. The van der Waals surface area contributed by atoms with E-state index in [0.29, 0.717) is 28.7 Å². The fraction of sp³-hybridized carbons (Fsp3) is 0.273. The van der Waals surface area contributed by atoms with Crippen LogP contribution in [0, 0.1) is 0 Å². The van der Waals surface area contributed by atoms with Gasteiger partial charge in [0.05, 0.1) is 32.3 Å². The number of anilines is 3. The van der Waals surface area contributed by atoms with Gasteiger partial charge in [-0.05, 0) is 24.3 Å². The van der Waals surface area contributed by atoms with Crippen LogP contribution in [0.2, 0.25) is 0 Å². The van der Waals surface area contributed by atoms with Gasteiger partial charge in [-0.15, -0.1) is 0 Å². The third-order valence-corrected chi connectivity index (χ3v) is 5.05. The molecule has 1 N–H and O–H groups in total. The average molecular weight is 420 g/mol. The van der Waals surface area contributed by atoms with Gasteiger partial charge < -0.3 is 24.6 Å². The van der Waals surface area contributed by atoms with E-state index in [9.17, 15) is 4.79 Å². The largest absolute Gasteiger partial charge is 0.497 e. The summed E-state index contributed by atoms with van der Waals surface area (Å²) in [7, 11) is 3.08. The highest BCUT2D eigenvalue weighted by molar-refractivity contribution is 6.04. The Morgan fingerprint density at radius 2 is 1.55 bits per heavy atom. The smallest absolute Gasteiger partial charge is 0.256 e. The van der Waals surface area contributed by atoms with Crippen molar-refractivity contribution in [3.8, 4) is 11.5 Å². The lowest BCUT2D eigenvalue weighted by Crippen LogP contribution is -2.47. The summed E-state index contributed by atoms with van der Waals surface area (Å²) in [6.07, 6.45) is 5.03. The van der Waals surface area contributed by atoms with Crippen molar-refractivity contribution in [2.45, 2.75) is 0 Å². The van der Waals surface area contributed by atoms with E-state index in [4.69, 9.17) is 9.47 Å². The van der Waals surface area contributed by atoms with E-state index in [0.717, 1.165) is 32.0 Å². The summed E-state index contributed by atoms with van der Waals surface area (Å²) in [4.78, 5) is 30.2. The number of aromatic nitrogens is 3. The number of ether oxygens (including phenoxy) is 2. The van der Waals surface area contributed by atoms with Gasteiger partial charge in [-0.3, -0.25) is 4.79 Å². The van der Waals surface area contributed by atoms with Gasteiger partial charge in [0.2, 0.25) is 5.95 Å². The van der Waals surface area contributed by atoms with Crippen LogP contribution in [-0.4, -0.2) is 61.3 Å². The predicted octanol–water partition coefficient (Wildman–Crippen LogP) is 2.47. The minimum absolute atomic E-state index is 0.294. The van der Waals surface area contributed by atoms with Crippen LogP contribution in [0.3, 0.4) is 0 Å². The summed E-state index contributed by atoms with van der Waals surface area (Å²) in [6, 6.07) is 10.9. The number of nitrogens with zero attached hydrogens (tertiary/aromatic N) is 5. The maximum atomic E-state index is 12.6. The van der Waals surface area contributed by atoms with E-state index in [-0.39, 0.29) is 5.91 Å². The maximum absolute atomic E-state index is 12.6. The summed E-state index contributed by atoms with van der Waals surface area (Å²) < 4.78 is 10.4. The number of amides is 1. The van der Waals surface area contributed by atoms with Gasteiger partial charge in [-0.2, -0.15) is 0 Å². The molecule has 1 aromatic carbocycles. The second-order valence-electron chi connectivity index (χ2n) is 6.99. The standard InChI is InChI=1S/C22H24N6O3/c1-30-18-11-16(12-19(13-18)31-2)21(29)26-17-14-24-22(25-15-17)28-9-7-27(8-10-28)20-5-3-4-6-23-20/h3-6,11-15H,7-10H2,1-2H3,(H,26,29). The van der Waals surface area contributed by atoms with E-state index in [1.807, 2.05) is 18.2 Å². The summed E-state index contributed by atoms with van der Waals surface area (Å²) in [5.74, 6) is 2.41. The number of hydrogen-bond acceptors (Lipinski definition) is 8. The van der Waals surface area contributed by atoms with Gasteiger partial charge in [0.15, 0.2) is 0 Å². The van der Waals surface area contributed by atoms with Crippen LogP contribution in [0.5, 0.6) is 11.5 Å². The molecule has 9 heteroatoms. The first-order chi connectivity index (χ1) is 15.2. The molecule has 9 nitrogen and oxygen atoms in total. The molecule has 1 fully saturated rings. The SMILES string of the molecule is COc1cc(OC)cc(C(=O)Nc2cnc(N3CCN(c4ccccn4)CC3)nc2)c1. The van der Waals surface area contributed by atoms with Crippen molar-refractivity contribution < 1.29 is 14.3 Å². The van der Waals surface area contributed by atoms with Gasteiger partial charge in [0.25, 0.3) is 5.91 Å². The Kier molecular flexibility index (Phi) is 6.11. The number of pyridine rings is 1. The number of hydrogen-bond donors (Lipinski definition) is 1. The number of methoxy groups -OCH3 is 2. The number of nitrogens with one attached hydrogen (secondary N) is 1. The van der Waals surface area contributed by atoms with Gasteiger partial charge in [-0.25, -0.2) is 15.0 Å². The van der Waals surface area contributed by atoms with Gasteiger partial charge in [-0.1, -0.05) is 6.07 Å². The van der Waals surface area contributed by atoms with Crippen molar-refractivity contribution in [3.05, 3.63) is 60.6 Å². The molecule has 1 aliphatic rings. The molecule has 160 valence electrons. The van der Waals surface area contributed by atoms with Crippen molar-refractivity contribution in [3.63, 3.8) is 0 Å². The number of rotatable bonds is 6. The van der Waals surface area contributed by atoms with Crippen molar-refractivity contribution in [1.29, 1.82) is 0 Å². The zero-order valence-electron chi connectivity index (χ0n) is 17.5. The van der Waals surface area contributed by atoms with Crippen LogP contribution >= 0.6 is 0 Å². The van der Waals surface area contributed by atoms with Crippen LogP contribution in [0.4, 0.5) is 17.5 Å². The van der Waals surface area contributed by atoms with Crippen molar-refractivity contribution in [2.24, 2.45) is 0 Å². The van der Waals surface area contributed by atoms with Crippen molar-refractivity contribution in [2.75, 3.05) is 55.5 Å². The zero-order valence-corrected chi connectivity index (χ0v) is 17.5. The van der Waals surface area contributed by atoms with E-state index < -0.39 is 0 Å². The second-order valence-corrected chi connectivity index (χ2v) is 6.99. The molecule has 1 aliphatic heterocycles. The Balaban J connectivity index is 1.37. The van der Waals surface area contributed by atoms with Crippen molar-refractivity contribution >= 4 is 23.4 Å². The Morgan fingerprint density at radius 1 is 0.903 bits per heavy atom. The minimum Gasteiger partial charge on any atom is -0.497 e. The van der Waals surface area contributed by atoms with E-state index in [2.05, 4.69) is 30.1 Å². The molecule has 3 heterocycles. The summed E-state index contributed by atoms with van der Waals surface area (Å²) in [6.45, 7) is 3.28. The molecule has 0 spiro atoms. The van der Waals surface area contributed by atoms with Crippen LogP contribution in [0.15, 0.2) is 55.0 Å². The number of benzene rings is 1. The lowest BCUT2D eigenvalue weighted by atomic mass is 10.2. The normalized spacial score (nSPS) is 13.6. The minimum atomic E-state index is -0.294. The molecule has 2 aromatic heterocycles. The summed E-state index contributed by atoms with van der Waals surface area (Å²) >= 11 is 0.